The summed E-state index contributed by atoms with van der Waals surface area (Å²) in [7, 11) is 0. The zero-order valence-electron chi connectivity index (χ0n) is 10.8. The number of nitrogens with one attached hydrogen (secondary N) is 1. The number of carbonyl (C=O) groups excluding carboxylic acids is 2. The third-order valence-electron chi connectivity index (χ3n) is 2.90. The van der Waals surface area contributed by atoms with Gasteiger partial charge in [-0.15, -0.1) is 0 Å². The van der Waals surface area contributed by atoms with Crippen LogP contribution in [-0.4, -0.2) is 24.5 Å². The Morgan fingerprint density at radius 3 is 2.09 bits per heavy atom. The van der Waals surface area contributed by atoms with Gasteiger partial charge in [0, 0.05) is 12.5 Å². The smallest absolute Gasteiger partial charge is 0.328 e. The molecular formula is C13H8F5NO3. The highest BCUT2D eigenvalue weighted by atomic mass is 19.2. The standard InChI is InChI=1S/C13H8F5NO3/c14-8-5(9(15)11(17)12(18)10(8)16)1-2-7(20)19-6-3-4-22-13(6)21/h1-2,6H,3-4H2,(H,19,20)/b2-1+/t6-/m0/s1. The fraction of sp³-hybridized carbons (Fsp3) is 0.231. The van der Waals surface area contributed by atoms with Crippen LogP contribution in [0.25, 0.3) is 6.08 Å². The third kappa shape index (κ3) is 2.92. The van der Waals surface area contributed by atoms with Crippen molar-refractivity contribution in [2.45, 2.75) is 12.5 Å². The predicted molar refractivity (Wildman–Crippen MR) is 62.8 cm³/mol. The molecule has 1 saturated heterocycles. The molecule has 118 valence electrons. The highest BCUT2D eigenvalue weighted by Gasteiger charge is 2.28. The Bertz CT molecular complexity index is 645. The molecule has 0 spiro atoms. The maximum absolute atomic E-state index is 13.3. The van der Waals surface area contributed by atoms with E-state index in [1.807, 2.05) is 0 Å². The van der Waals surface area contributed by atoms with Gasteiger partial charge in [0.15, 0.2) is 23.3 Å². The summed E-state index contributed by atoms with van der Waals surface area (Å²) in [5, 5.41) is 2.17. The Hall–Kier alpha value is -2.45. The molecule has 1 N–H and O–H groups in total. The number of esters is 1. The van der Waals surface area contributed by atoms with Crippen LogP contribution in [0.3, 0.4) is 0 Å². The van der Waals surface area contributed by atoms with Crippen molar-refractivity contribution < 1.29 is 36.3 Å². The molecule has 0 bridgehead atoms. The van der Waals surface area contributed by atoms with Crippen LogP contribution in [0.5, 0.6) is 0 Å². The SMILES string of the molecule is O=C(/C=C/c1c(F)c(F)c(F)c(F)c1F)N[C@H]1CCOC1=O. The van der Waals surface area contributed by atoms with E-state index in [1.54, 1.807) is 0 Å². The van der Waals surface area contributed by atoms with Crippen LogP contribution in [-0.2, 0) is 14.3 Å². The molecule has 0 unspecified atom stereocenters. The lowest BCUT2D eigenvalue weighted by Crippen LogP contribution is -2.36. The van der Waals surface area contributed by atoms with Crippen LogP contribution in [0.2, 0.25) is 0 Å². The van der Waals surface area contributed by atoms with Crippen molar-refractivity contribution in [3.8, 4) is 0 Å². The molecule has 1 atom stereocenters. The first-order valence-corrected chi connectivity index (χ1v) is 5.99. The van der Waals surface area contributed by atoms with Crippen LogP contribution < -0.4 is 5.32 Å². The number of hydrogen-bond donors (Lipinski definition) is 1. The lowest BCUT2D eigenvalue weighted by atomic mass is 10.1. The van der Waals surface area contributed by atoms with Crippen molar-refractivity contribution in [2.75, 3.05) is 6.61 Å². The first-order chi connectivity index (χ1) is 10.3. The van der Waals surface area contributed by atoms with Gasteiger partial charge in [0.2, 0.25) is 11.7 Å². The van der Waals surface area contributed by atoms with Crippen LogP contribution in [0.1, 0.15) is 12.0 Å². The molecule has 1 aliphatic rings. The predicted octanol–water partition coefficient (Wildman–Crippen LogP) is 1.83. The van der Waals surface area contributed by atoms with E-state index in [2.05, 4.69) is 10.1 Å². The summed E-state index contributed by atoms with van der Waals surface area (Å²) in [6, 6.07) is -0.909. The summed E-state index contributed by atoms with van der Waals surface area (Å²) in [4.78, 5) is 22.6. The van der Waals surface area contributed by atoms with Gasteiger partial charge < -0.3 is 10.1 Å². The Morgan fingerprint density at radius 2 is 1.59 bits per heavy atom. The normalized spacial score (nSPS) is 17.9. The summed E-state index contributed by atoms with van der Waals surface area (Å²) in [6.07, 6.45) is 1.22. The number of rotatable bonds is 3. The number of hydrogen-bond acceptors (Lipinski definition) is 3. The Labute approximate surface area is 120 Å². The average Bonchev–Trinajstić information content (AvgIpc) is 2.88. The second-order valence-corrected chi connectivity index (χ2v) is 4.33. The lowest BCUT2D eigenvalue weighted by Gasteiger charge is -2.06. The molecule has 1 heterocycles. The van der Waals surface area contributed by atoms with Crippen molar-refractivity contribution >= 4 is 18.0 Å². The quantitative estimate of drug-likeness (QED) is 0.304. The molecule has 1 aliphatic heterocycles. The van der Waals surface area contributed by atoms with Gasteiger partial charge >= 0.3 is 5.97 Å². The highest BCUT2D eigenvalue weighted by molar-refractivity contribution is 5.94. The van der Waals surface area contributed by atoms with Gasteiger partial charge in [-0.2, -0.15) is 0 Å². The van der Waals surface area contributed by atoms with E-state index in [1.165, 1.54) is 0 Å². The maximum Gasteiger partial charge on any atom is 0.328 e. The number of ether oxygens (including phenoxy) is 1. The molecule has 4 nitrogen and oxygen atoms in total. The van der Waals surface area contributed by atoms with Crippen molar-refractivity contribution in [1.82, 2.24) is 5.32 Å². The van der Waals surface area contributed by atoms with E-state index in [4.69, 9.17) is 0 Å². The summed E-state index contributed by atoms with van der Waals surface area (Å²) >= 11 is 0. The summed E-state index contributed by atoms with van der Waals surface area (Å²) < 4.78 is 70.0. The minimum Gasteiger partial charge on any atom is -0.464 e. The van der Waals surface area contributed by atoms with Gasteiger partial charge in [0.05, 0.1) is 12.2 Å². The van der Waals surface area contributed by atoms with Crippen molar-refractivity contribution in [3.05, 3.63) is 40.7 Å². The number of halogens is 5. The fourth-order valence-corrected chi connectivity index (χ4v) is 1.77. The molecule has 0 radical (unpaired) electrons. The van der Waals surface area contributed by atoms with Crippen LogP contribution >= 0.6 is 0 Å². The van der Waals surface area contributed by atoms with Gasteiger partial charge in [-0.05, 0) is 6.08 Å². The van der Waals surface area contributed by atoms with E-state index in [9.17, 15) is 31.5 Å². The van der Waals surface area contributed by atoms with E-state index in [0.717, 1.165) is 0 Å². The zero-order chi connectivity index (χ0) is 16.4. The molecule has 0 aromatic heterocycles. The number of carbonyl (C=O) groups is 2. The zero-order valence-corrected chi connectivity index (χ0v) is 10.8. The van der Waals surface area contributed by atoms with Gasteiger partial charge in [0.25, 0.3) is 0 Å². The largest absolute Gasteiger partial charge is 0.464 e. The van der Waals surface area contributed by atoms with E-state index in [0.29, 0.717) is 12.2 Å². The maximum atomic E-state index is 13.3. The molecule has 1 fully saturated rings. The van der Waals surface area contributed by atoms with E-state index >= 15 is 0 Å². The summed E-state index contributed by atoms with van der Waals surface area (Å²) in [6.45, 7) is 0.116. The van der Waals surface area contributed by atoms with Crippen molar-refractivity contribution in [3.63, 3.8) is 0 Å². The Kier molecular flexibility index (Phi) is 4.43. The molecule has 0 saturated carbocycles. The van der Waals surface area contributed by atoms with E-state index in [-0.39, 0.29) is 13.0 Å². The topological polar surface area (TPSA) is 55.4 Å². The molecule has 0 aliphatic carbocycles. The molecule has 1 aromatic rings. The second kappa shape index (κ2) is 6.12. The van der Waals surface area contributed by atoms with Gasteiger partial charge in [-0.3, -0.25) is 4.79 Å². The first-order valence-electron chi connectivity index (χ1n) is 5.99. The Balaban J connectivity index is 2.20. The minimum atomic E-state index is -2.29. The van der Waals surface area contributed by atoms with Crippen LogP contribution in [0.4, 0.5) is 22.0 Å². The highest BCUT2D eigenvalue weighted by Crippen LogP contribution is 2.23. The first kappa shape index (κ1) is 15.9. The van der Waals surface area contributed by atoms with Crippen molar-refractivity contribution in [2.24, 2.45) is 0 Å². The number of amides is 1. The summed E-state index contributed by atoms with van der Waals surface area (Å²) in [5.41, 5.74) is -1.25. The van der Waals surface area contributed by atoms with Crippen molar-refractivity contribution in [1.29, 1.82) is 0 Å². The number of cyclic esters (lactones) is 1. The Morgan fingerprint density at radius 1 is 1.05 bits per heavy atom. The molecule has 1 aromatic carbocycles. The van der Waals surface area contributed by atoms with Gasteiger partial charge in [0.1, 0.15) is 6.04 Å². The lowest BCUT2D eigenvalue weighted by molar-refractivity contribution is -0.140. The second-order valence-electron chi connectivity index (χ2n) is 4.33. The minimum absolute atomic E-state index is 0.116. The average molecular weight is 321 g/mol. The third-order valence-corrected chi connectivity index (χ3v) is 2.90. The molecule has 1 amide bonds. The van der Waals surface area contributed by atoms with Crippen LogP contribution in [0, 0.1) is 29.1 Å². The molecule has 9 heteroatoms. The monoisotopic (exact) mass is 321 g/mol. The fourth-order valence-electron chi connectivity index (χ4n) is 1.77. The van der Waals surface area contributed by atoms with Gasteiger partial charge in [-0.25, -0.2) is 26.7 Å². The van der Waals surface area contributed by atoms with Gasteiger partial charge in [-0.1, -0.05) is 0 Å². The molecule has 2 rings (SSSR count). The summed E-state index contributed by atoms with van der Waals surface area (Å²) in [5.74, 6) is -12.2. The molecule has 22 heavy (non-hydrogen) atoms. The van der Waals surface area contributed by atoms with E-state index < -0.39 is 52.6 Å². The number of benzene rings is 1. The van der Waals surface area contributed by atoms with Crippen LogP contribution in [0.15, 0.2) is 6.08 Å². The molecular weight excluding hydrogens is 313 g/mol.